The molecule has 0 amide bonds. The van der Waals surface area contributed by atoms with Crippen LogP contribution in [0.3, 0.4) is 0 Å². The molecule has 12 aromatic carbocycles. The van der Waals surface area contributed by atoms with Gasteiger partial charge in [-0.15, -0.1) is 232 Å². The standard InChI is InChI=1S/C17H11N2O.C16H12N.3C15H10N.2C12H10N.2C5H8O2.5Ir/c1-11-9-18-17(19-10-11)12-6-7-14-13-4-2-3-5-15(13)20-16(14)8-12;1-12-6-5-9-16-14(12)10-11-15(17-16)13-7-3-2-4-8-13;2*1-2-7-13(8-3-1)15-14-9-5-4-6-12(14)10-11-16-15;1-2-6-12(7-3-1)15-11-10-13-8-4-5-9-14(13)16-15;2*1-10-5-7-11(8-6-10)12-4-2-3-9-13-12;2*1-4(6)3-5(2)7;;;;;/h2-5,7-10H,1H3;2-7,9-11H,1H3;2*1-7,9-11H;1-6,8-11H;2*2-7,9H,1H3;2*3,6H,1-2H3;;;;;/q7*-1;;;;;;;+3. The molecule has 8 aromatic heterocycles. The summed E-state index contributed by atoms with van der Waals surface area (Å²) in [6, 6.07) is 133. The van der Waals surface area contributed by atoms with E-state index in [1.807, 2.05) is 274 Å². The summed E-state index contributed by atoms with van der Waals surface area (Å²) in [6.07, 6.45) is 13.2. The van der Waals surface area contributed by atoms with E-state index in [0.717, 1.165) is 112 Å². The first-order valence-corrected chi connectivity index (χ1v) is 40.4. The molecule has 0 bridgehead atoms. The van der Waals surface area contributed by atoms with Crippen LogP contribution in [0, 0.1) is 70.2 Å². The van der Waals surface area contributed by atoms with Gasteiger partial charge in [-0.3, -0.25) is 29.5 Å². The third-order valence-electron chi connectivity index (χ3n) is 18.8. The van der Waals surface area contributed by atoms with Crippen molar-refractivity contribution in [2.45, 2.75) is 55.4 Å². The number of hydrogen-bond acceptors (Lipinski definition) is 13. The van der Waals surface area contributed by atoms with Gasteiger partial charge in [0.15, 0.2) is 11.6 Å². The number of aliphatic hydroxyl groups excluding tert-OH is 2. The summed E-state index contributed by atoms with van der Waals surface area (Å²) in [4.78, 5) is 55.4. The van der Waals surface area contributed by atoms with Gasteiger partial charge in [0.25, 0.3) is 0 Å². The van der Waals surface area contributed by atoms with E-state index in [-0.39, 0.29) is 124 Å². The van der Waals surface area contributed by atoms with Gasteiger partial charge in [0.2, 0.25) is 0 Å². The Kier molecular flexibility index (Phi) is 43.6. The molecule has 2 N–H and O–H groups in total. The number of nitrogens with zero attached hydrogens (tertiary/aromatic N) is 8. The molecule has 130 heavy (non-hydrogen) atoms. The molecule has 0 fully saturated rings. The van der Waals surface area contributed by atoms with E-state index < -0.39 is 0 Å². The SMILES string of the molecule is CC(=O)C=C(C)O.CC(=O)C=C(C)O.Cc1c[c-]c(-c2ccccn2)cc1.Cc1c[c-]c(-c2ccccn2)cc1.Cc1cccc2nc(-c3[c-]cccc3)ccc12.Cc1cnc(-c2[c-]cc3c(c2)oc2ccccc23)nc1.[Ir+3].[Ir].[Ir].[Ir].[Ir].[c-]1ccccc1-c1ccc2ccccc2n1.[c-]1ccccc1-c1nccc2ccccc12.[c-]1ccccc1-c1nccc2ccccc12. The molecule has 4 radical (unpaired) electrons. The number of ketones is 2. The molecule has 0 unspecified atom stereocenters. The van der Waals surface area contributed by atoms with Crippen molar-refractivity contribution >= 4 is 76.9 Å². The Balaban J connectivity index is 0.000000202. The van der Waals surface area contributed by atoms with Gasteiger partial charge in [0, 0.05) is 135 Å². The predicted molar refractivity (Wildman–Crippen MR) is 508 cm³/mol. The summed E-state index contributed by atoms with van der Waals surface area (Å²) in [5.74, 6) is 0.540. The summed E-state index contributed by atoms with van der Waals surface area (Å²) in [5.41, 5.74) is 21.5. The number of carbonyl (C=O) groups excluding carboxylic acids is 2. The average Bonchev–Trinajstić information content (AvgIpc) is 1.58. The van der Waals surface area contributed by atoms with Gasteiger partial charge >= 0.3 is 20.1 Å². The molecule has 656 valence electrons. The maximum atomic E-state index is 10.0. The van der Waals surface area contributed by atoms with Crippen LogP contribution in [0.25, 0.3) is 144 Å². The van der Waals surface area contributed by atoms with Gasteiger partial charge in [0.05, 0.1) is 34.0 Å². The maximum Gasteiger partial charge on any atom is 3.00 e. The van der Waals surface area contributed by atoms with E-state index in [2.05, 4.69) is 182 Å². The number of para-hydroxylation sites is 2. The van der Waals surface area contributed by atoms with E-state index in [1.54, 1.807) is 24.8 Å². The fraction of sp³-hybridized carbons (Fsp3) is 0.0714. The van der Waals surface area contributed by atoms with Gasteiger partial charge in [0.1, 0.15) is 5.58 Å². The maximum absolute atomic E-state index is 10.0. The minimum absolute atomic E-state index is 0. The summed E-state index contributed by atoms with van der Waals surface area (Å²) in [5, 5.41) is 26.1. The van der Waals surface area contributed by atoms with Crippen LogP contribution >= 0.6 is 0 Å². The third-order valence-corrected chi connectivity index (χ3v) is 18.8. The second-order valence-electron chi connectivity index (χ2n) is 28.7. The minimum atomic E-state index is -0.125. The van der Waals surface area contributed by atoms with E-state index in [1.165, 1.54) is 88.9 Å². The first kappa shape index (κ1) is 104. The van der Waals surface area contributed by atoms with Crippen LogP contribution < -0.4 is 0 Å². The van der Waals surface area contributed by atoms with Crippen molar-refractivity contribution in [1.82, 2.24) is 39.9 Å². The molecule has 0 saturated heterocycles. The van der Waals surface area contributed by atoms with Crippen LogP contribution in [-0.4, -0.2) is 61.7 Å². The second-order valence-corrected chi connectivity index (χ2v) is 28.7. The van der Waals surface area contributed by atoms with E-state index in [9.17, 15) is 9.59 Å². The van der Waals surface area contributed by atoms with E-state index >= 15 is 0 Å². The average molecular weight is 2590 g/mol. The van der Waals surface area contributed by atoms with Crippen molar-refractivity contribution in [2.24, 2.45) is 0 Å². The van der Waals surface area contributed by atoms with Gasteiger partial charge < -0.3 is 34.6 Å². The van der Waals surface area contributed by atoms with Crippen LogP contribution in [0.2, 0.25) is 0 Å². The molecular formula is C112H89Ir5N8O5-4. The molecular weight excluding hydrogens is 2500 g/mol. The van der Waals surface area contributed by atoms with Crippen LogP contribution in [-0.2, 0) is 110 Å². The zero-order valence-corrected chi connectivity index (χ0v) is 84.2. The number of pyridine rings is 6. The van der Waals surface area contributed by atoms with Crippen molar-refractivity contribution in [1.29, 1.82) is 0 Å². The first-order chi connectivity index (χ1) is 61.0. The second kappa shape index (κ2) is 54.5. The number of aliphatic hydroxyl groups is 2. The topological polar surface area (TPSA) is 191 Å². The van der Waals surface area contributed by atoms with Crippen molar-refractivity contribution < 1.29 is 125 Å². The predicted octanol–water partition coefficient (Wildman–Crippen LogP) is 27.0. The van der Waals surface area contributed by atoms with Gasteiger partial charge in [-0.1, -0.05) is 171 Å². The Morgan fingerprint density at radius 3 is 1.17 bits per heavy atom. The zero-order chi connectivity index (χ0) is 87.5. The number of furan rings is 1. The molecule has 0 aliphatic heterocycles. The molecule has 0 saturated carbocycles. The van der Waals surface area contributed by atoms with Crippen LogP contribution in [0.4, 0.5) is 0 Å². The van der Waals surface area contributed by atoms with E-state index in [0.29, 0.717) is 5.82 Å². The molecule has 18 heteroatoms. The molecule has 0 atom stereocenters. The third kappa shape index (κ3) is 31.5. The molecule has 20 rings (SSSR count). The quantitative estimate of drug-likeness (QED) is 0.0789. The van der Waals surface area contributed by atoms with Crippen molar-refractivity contribution in [3.05, 3.63) is 459 Å². The van der Waals surface area contributed by atoms with E-state index in [4.69, 9.17) is 14.6 Å². The van der Waals surface area contributed by atoms with Crippen molar-refractivity contribution in [3.8, 4) is 78.9 Å². The first-order valence-electron chi connectivity index (χ1n) is 40.4. The minimum Gasteiger partial charge on any atom is -0.512 e. The summed E-state index contributed by atoms with van der Waals surface area (Å²) in [7, 11) is 0. The number of fused-ring (bicyclic) bond motifs is 7. The normalized spacial score (nSPS) is 10.2. The largest absolute Gasteiger partial charge is 3.00 e. The fourth-order valence-corrected chi connectivity index (χ4v) is 12.8. The molecule has 20 aromatic rings. The molecule has 0 spiro atoms. The van der Waals surface area contributed by atoms with Crippen molar-refractivity contribution in [3.63, 3.8) is 0 Å². The number of aromatic nitrogens is 8. The molecule has 0 aliphatic carbocycles. The molecule has 13 nitrogen and oxygen atoms in total. The summed E-state index contributed by atoms with van der Waals surface area (Å²) < 4.78 is 5.86. The number of rotatable bonds is 9. The zero-order valence-electron chi connectivity index (χ0n) is 72.2. The Morgan fingerprint density at radius 2 is 0.723 bits per heavy atom. The number of carbonyl (C=O) groups is 2. The van der Waals surface area contributed by atoms with Crippen LogP contribution in [0.15, 0.2) is 399 Å². The van der Waals surface area contributed by atoms with Gasteiger partial charge in [-0.2, -0.15) is 0 Å². The van der Waals surface area contributed by atoms with Crippen LogP contribution in [0.5, 0.6) is 0 Å². The molecule has 0 aliphatic rings. The van der Waals surface area contributed by atoms with Crippen LogP contribution in [0.1, 0.15) is 49.9 Å². The fourth-order valence-electron chi connectivity index (χ4n) is 12.8. The number of aryl methyl sites for hydroxylation is 4. The Bertz CT molecular complexity index is 6680. The Labute approximate surface area is 827 Å². The Morgan fingerprint density at radius 1 is 0.308 bits per heavy atom. The Hall–Kier alpha value is -12.9. The number of hydrogen-bond donors (Lipinski definition) is 2. The summed E-state index contributed by atoms with van der Waals surface area (Å²) in [6.45, 7) is 13.9. The number of allylic oxidation sites excluding steroid dienone is 4. The summed E-state index contributed by atoms with van der Waals surface area (Å²) >= 11 is 0. The van der Waals surface area contributed by atoms with Gasteiger partial charge in [-0.05, 0) is 162 Å². The number of benzene rings is 12. The smallest absolute Gasteiger partial charge is 0.512 e. The van der Waals surface area contributed by atoms with Gasteiger partial charge in [-0.25, -0.2) is 0 Å². The monoisotopic (exact) mass is 2590 g/mol. The molecule has 8 heterocycles. The van der Waals surface area contributed by atoms with Crippen molar-refractivity contribution in [2.75, 3.05) is 0 Å².